The van der Waals surface area contributed by atoms with Gasteiger partial charge in [0.1, 0.15) is 48.8 Å². The van der Waals surface area contributed by atoms with E-state index in [0.29, 0.717) is 12.8 Å². The third-order valence-electron chi connectivity index (χ3n) is 16.6. The number of hydrogen-bond acceptors (Lipinski definition) is 13. The van der Waals surface area contributed by atoms with E-state index in [2.05, 4.69) is 129 Å². The molecule has 1 amide bonds. The smallest absolute Gasteiger partial charge is 0.220 e. The molecule has 0 radical (unpaired) electrons. The summed E-state index contributed by atoms with van der Waals surface area (Å²) in [6, 6.07) is -0.944. The standard InChI is InChI=1S/C76H129NO13/c1-3-5-7-9-11-13-15-17-19-21-22-23-24-25-26-27-28-29-30-31-32-33-34-35-36-37-38-39-40-41-42-44-46-48-50-52-54-56-58-60-68(81)77-64(65(80)59-57-55-53-51-49-47-45-43-20-18-16-14-12-10-8-6-4-2)63-87-75-73(86)71(84)74(67(62-79)89-75)90-76-72(85)70(83)69(82)66(61-78)88-76/h5,7,11,13,17,19-20,22-23,25-26,28-29,31-32,43,49,51,57,59,64-67,69-76,78-80,82-86H,3-4,6,8-10,12,14-16,18,21,24,27,30,33-42,44-48,50,52-56,58,60-63H2,1-2H3,(H,77,81)/b7-5-,13-11-,19-17-,23-22-,26-25-,29-28-,32-31-,43-20+,51-49+,59-57+. The molecule has 12 unspecified atom stereocenters. The summed E-state index contributed by atoms with van der Waals surface area (Å²) in [5, 5.41) is 87.3. The van der Waals surface area contributed by atoms with Crippen LogP contribution in [0.25, 0.3) is 0 Å². The molecule has 0 bridgehead atoms. The fraction of sp³-hybridized carbons (Fsp3) is 0.724. The minimum atomic E-state index is -1.80. The number of amides is 1. The van der Waals surface area contributed by atoms with Crippen LogP contribution in [0.15, 0.2) is 122 Å². The number of rotatable bonds is 57. The fourth-order valence-electron chi connectivity index (χ4n) is 11.0. The van der Waals surface area contributed by atoms with Crippen molar-refractivity contribution in [3.05, 3.63) is 122 Å². The minimum Gasteiger partial charge on any atom is -0.394 e. The number of ether oxygens (including phenoxy) is 4. The number of carbonyl (C=O) groups excluding carboxylic acids is 1. The highest BCUT2D eigenvalue weighted by atomic mass is 16.7. The Morgan fingerprint density at radius 1 is 0.411 bits per heavy atom. The number of allylic oxidation sites excluding steroid dienone is 19. The van der Waals surface area contributed by atoms with Gasteiger partial charge >= 0.3 is 0 Å². The second-order valence-electron chi connectivity index (χ2n) is 24.6. The van der Waals surface area contributed by atoms with E-state index in [9.17, 15) is 45.6 Å². The van der Waals surface area contributed by atoms with E-state index in [1.807, 2.05) is 6.08 Å². The summed E-state index contributed by atoms with van der Waals surface area (Å²) >= 11 is 0. The third kappa shape index (κ3) is 42.6. The van der Waals surface area contributed by atoms with Gasteiger partial charge in [0.15, 0.2) is 12.6 Å². The second kappa shape index (κ2) is 59.2. The van der Waals surface area contributed by atoms with Gasteiger partial charge in [0.25, 0.3) is 0 Å². The van der Waals surface area contributed by atoms with Crippen molar-refractivity contribution in [1.29, 1.82) is 0 Å². The Balaban J connectivity index is 1.61. The van der Waals surface area contributed by atoms with E-state index in [4.69, 9.17) is 18.9 Å². The van der Waals surface area contributed by atoms with Crippen LogP contribution in [0.1, 0.15) is 258 Å². The lowest BCUT2D eigenvalue weighted by Crippen LogP contribution is -2.65. The van der Waals surface area contributed by atoms with Gasteiger partial charge in [-0.05, 0) is 103 Å². The number of hydrogen-bond donors (Lipinski definition) is 9. The van der Waals surface area contributed by atoms with Crippen molar-refractivity contribution in [2.45, 2.75) is 331 Å². The number of unbranched alkanes of at least 4 members (excludes halogenated alkanes) is 26. The molecule has 2 aliphatic rings. The first-order valence-electron chi connectivity index (χ1n) is 35.8. The van der Waals surface area contributed by atoms with Crippen molar-refractivity contribution < 1.29 is 64.6 Å². The largest absolute Gasteiger partial charge is 0.394 e. The van der Waals surface area contributed by atoms with Gasteiger partial charge in [0, 0.05) is 6.42 Å². The average Bonchev–Trinajstić information content (AvgIpc) is 1.04. The molecule has 9 N–H and O–H groups in total. The highest BCUT2D eigenvalue weighted by Crippen LogP contribution is 2.30. The molecule has 12 atom stereocenters. The molecule has 90 heavy (non-hydrogen) atoms. The fourth-order valence-corrected chi connectivity index (χ4v) is 11.0. The zero-order valence-electron chi connectivity index (χ0n) is 56.1. The van der Waals surface area contributed by atoms with Gasteiger partial charge in [-0.2, -0.15) is 0 Å². The molecule has 2 aliphatic heterocycles. The predicted octanol–water partition coefficient (Wildman–Crippen LogP) is 14.9. The molecule has 14 heteroatoms. The topological polar surface area (TPSA) is 228 Å². The maximum absolute atomic E-state index is 13.3. The molecule has 2 saturated heterocycles. The number of carbonyl (C=O) groups is 1. The molecule has 0 spiro atoms. The van der Waals surface area contributed by atoms with Crippen molar-refractivity contribution in [2.24, 2.45) is 0 Å². The predicted molar refractivity (Wildman–Crippen MR) is 368 cm³/mol. The molecule has 0 aromatic rings. The lowest BCUT2D eigenvalue weighted by Gasteiger charge is -2.46. The first-order valence-corrected chi connectivity index (χ1v) is 35.8. The van der Waals surface area contributed by atoms with Crippen LogP contribution in [-0.2, 0) is 23.7 Å². The van der Waals surface area contributed by atoms with Gasteiger partial charge in [0.05, 0.1) is 32.0 Å². The zero-order valence-corrected chi connectivity index (χ0v) is 56.1. The molecule has 0 aromatic carbocycles. The number of aliphatic hydroxyl groups is 8. The highest BCUT2D eigenvalue weighted by Gasteiger charge is 2.51. The lowest BCUT2D eigenvalue weighted by atomic mass is 9.97. The molecule has 2 fully saturated rings. The van der Waals surface area contributed by atoms with Crippen molar-refractivity contribution >= 4 is 5.91 Å². The van der Waals surface area contributed by atoms with E-state index in [0.717, 1.165) is 89.9 Å². The van der Waals surface area contributed by atoms with Crippen LogP contribution in [-0.4, -0.2) is 140 Å². The van der Waals surface area contributed by atoms with Crippen LogP contribution < -0.4 is 5.32 Å². The summed E-state index contributed by atoms with van der Waals surface area (Å²) in [5.41, 5.74) is 0. The maximum atomic E-state index is 13.3. The van der Waals surface area contributed by atoms with E-state index in [-0.39, 0.29) is 18.9 Å². The molecule has 516 valence electrons. The first kappa shape index (κ1) is 82.5. The van der Waals surface area contributed by atoms with Gasteiger partial charge < -0.3 is 65.1 Å². The first-order chi connectivity index (χ1) is 44.1. The minimum absolute atomic E-state index is 0.255. The molecule has 2 rings (SSSR count). The van der Waals surface area contributed by atoms with E-state index >= 15 is 0 Å². The molecule has 0 aromatic heterocycles. The normalized spacial score (nSPS) is 23.7. The summed E-state index contributed by atoms with van der Waals surface area (Å²) in [4.78, 5) is 13.3. The van der Waals surface area contributed by atoms with Crippen molar-refractivity contribution in [3.63, 3.8) is 0 Å². The zero-order chi connectivity index (χ0) is 65.2. The van der Waals surface area contributed by atoms with Gasteiger partial charge in [0.2, 0.25) is 5.91 Å². The quantitative estimate of drug-likeness (QED) is 0.0204. The summed E-state index contributed by atoms with van der Waals surface area (Å²) < 4.78 is 22.8. The average molecular weight is 1260 g/mol. The molecular weight excluding hydrogens is 1130 g/mol. The molecule has 14 nitrogen and oxygen atoms in total. The molecule has 0 saturated carbocycles. The van der Waals surface area contributed by atoms with Gasteiger partial charge in [-0.3, -0.25) is 4.79 Å². The monoisotopic (exact) mass is 1260 g/mol. The van der Waals surface area contributed by atoms with Crippen molar-refractivity contribution in [1.82, 2.24) is 5.32 Å². The van der Waals surface area contributed by atoms with Crippen molar-refractivity contribution in [2.75, 3.05) is 19.8 Å². The lowest BCUT2D eigenvalue weighted by molar-refractivity contribution is -0.359. The Morgan fingerprint density at radius 3 is 1.22 bits per heavy atom. The summed E-state index contributed by atoms with van der Waals surface area (Å²) in [6.45, 7) is 2.65. The van der Waals surface area contributed by atoms with Crippen LogP contribution in [0.5, 0.6) is 0 Å². The SMILES string of the molecule is CC/C=C\C/C=C\C/C=C\C/C=C\C/C=C\C/C=C\C/C=C\CCCCCCCCCCCCCCCCCCCC(=O)NC(COC1OC(CO)C(OC2OC(CO)C(O)C(O)C2O)C(O)C1O)C(O)/C=C/CC/C=C/CC/C=C/CCCCCCCCC. The maximum Gasteiger partial charge on any atom is 0.220 e. The Bertz CT molecular complexity index is 1980. The Hall–Kier alpha value is -3.61. The Morgan fingerprint density at radius 2 is 0.778 bits per heavy atom. The summed E-state index contributed by atoms with van der Waals surface area (Å²) in [6.07, 6.45) is 69.8. The Kier molecular flexibility index (Phi) is 54.2. The summed E-state index contributed by atoms with van der Waals surface area (Å²) in [5.74, 6) is -0.255. The van der Waals surface area contributed by atoms with Gasteiger partial charge in [-0.1, -0.05) is 270 Å². The molecular formula is C76H129NO13. The van der Waals surface area contributed by atoms with Gasteiger partial charge in [-0.15, -0.1) is 0 Å². The van der Waals surface area contributed by atoms with Crippen LogP contribution >= 0.6 is 0 Å². The van der Waals surface area contributed by atoms with Crippen LogP contribution in [0.3, 0.4) is 0 Å². The molecule has 0 aliphatic carbocycles. The third-order valence-corrected chi connectivity index (χ3v) is 16.6. The van der Waals surface area contributed by atoms with E-state index < -0.39 is 86.8 Å². The molecule has 2 heterocycles. The van der Waals surface area contributed by atoms with E-state index in [1.54, 1.807) is 6.08 Å². The van der Waals surface area contributed by atoms with E-state index in [1.165, 1.54) is 135 Å². The van der Waals surface area contributed by atoms with Crippen LogP contribution in [0.4, 0.5) is 0 Å². The van der Waals surface area contributed by atoms with Crippen LogP contribution in [0.2, 0.25) is 0 Å². The van der Waals surface area contributed by atoms with Crippen LogP contribution in [0, 0.1) is 0 Å². The van der Waals surface area contributed by atoms with Gasteiger partial charge in [-0.25, -0.2) is 0 Å². The number of aliphatic hydroxyl groups excluding tert-OH is 8. The highest BCUT2D eigenvalue weighted by molar-refractivity contribution is 5.76. The number of nitrogens with one attached hydrogen (secondary N) is 1. The Labute approximate surface area is 546 Å². The summed E-state index contributed by atoms with van der Waals surface area (Å²) in [7, 11) is 0. The second-order valence-corrected chi connectivity index (χ2v) is 24.6. The van der Waals surface area contributed by atoms with Crippen molar-refractivity contribution in [3.8, 4) is 0 Å².